The Morgan fingerprint density at radius 1 is 1.07 bits per heavy atom. The Labute approximate surface area is 166 Å². The Bertz CT molecular complexity index is 1050. The quantitative estimate of drug-likeness (QED) is 0.676. The van der Waals surface area contributed by atoms with Gasteiger partial charge in [-0.25, -0.2) is 9.37 Å². The van der Waals surface area contributed by atoms with Gasteiger partial charge in [-0.05, 0) is 61.7 Å². The van der Waals surface area contributed by atoms with Gasteiger partial charge in [0, 0.05) is 16.5 Å². The first-order valence-electron chi connectivity index (χ1n) is 8.71. The lowest BCUT2D eigenvalue weighted by Crippen LogP contribution is -2.32. The average molecular weight is 397 g/mol. The van der Waals surface area contributed by atoms with E-state index >= 15 is 0 Å². The molecule has 0 aliphatic carbocycles. The van der Waals surface area contributed by atoms with Crippen molar-refractivity contribution in [2.75, 3.05) is 11.9 Å². The molecular formula is C21H20FN3O2S. The van der Waals surface area contributed by atoms with Crippen LogP contribution in [0.4, 0.5) is 9.52 Å². The highest BCUT2D eigenvalue weighted by Crippen LogP contribution is 2.29. The topological polar surface area (TPSA) is 71.1 Å². The number of thiazole rings is 1. The molecule has 0 aliphatic rings. The molecule has 0 saturated heterocycles. The van der Waals surface area contributed by atoms with E-state index in [1.54, 1.807) is 0 Å². The van der Waals surface area contributed by atoms with Crippen LogP contribution in [0.3, 0.4) is 0 Å². The molecule has 0 fully saturated rings. The number of nitrogens with zero attached hydrogens (tertiary/aromatic N) is 1. The zero-order valence-corrected chi connectivity index (χ0v) is 16.6. The van der Waals surface area contributed by atoms with Crippen LogP contribution in [0.15, 0.2) is 41.8 Å². The van der Waals surface area contributed by atoms with Gasteiger partial charge < -0.3 is 10.6 Å². The van der Waals surface area contributed by atoms with Gasteiger partial charge in [0.15, 0.2) is 5.13 Å². The van der Waals surface area contributed by atoms with Gasteiger partial charge in [0.1, 0.15) is 5.82 Å². The molecule has 3 aromatic rings. The van der Waals surface area contributed by atoms with Crippen molar-refractivity contribution in [2.24, 2.45) is 0 Å². The van der Waals surface area contributed by atoms with E-state index in [1.165, 1.54) is 40.7 Å². The zero-order valence-electron chi connectivity index (χ0n) is 15.8. The predicted molar refractivity (Wildman–Crippen MR) is 109 cm³/mol. The van der Waals surface area contributed by atoms with Crippen LogP contribution in [-0.4, -0.2) is 23.3 Å². The molecule has 0 atom stereocenters. The van der Waals surface area contributed by atoms with E-state index in [0.29, 0.717) is 5.13 Å². The largest absolute Gasteiger partial charge is 0.343 e. The number of rotatable bonds is 5. The molecule has 7 heteroatoms. The monoisotopic (exact) mass is 397 g/mol. The number of halogens is 1. The lowest BCUT2D eigenvalue weighted by atomic mass is 9.99. The number of hydrogen-bond acceptors (Lipinski definition) is 4. The maximum atomic E-state index is 13.2. The van der Waals surface area contributed by atoms with Crippen LogP contribution in [0, 0.1) is 26.6 Å². The second-order valence-electron chi connectivity index (χ2n) is 6.53. The minimum absolute atomic E-state index is 0.162. The predicted octanol–water partition coefficient (Wildman–Crippen LogP) is 4.24. The molecule has 0 aliphatic heterocycles. The molecule has 1 heterocycles. The van der Waals surface area contributed by atoms with E-state index in [2.05, 4.69) is 41.6 Å². The van der Waals surface area contributed by atoms with E-state index in [-0.39, 0.29) is 12.1 Å². The van der Waals surface area contributed by atoms with Crippen molar-refractivity contribution in [3.05, 3.63) is 69.8 Å². The third kappa shape index (κ3) is 4.61. The number of carbonyl (C=O) groups is 2. The summed E-state index contributed by atoms with van der Waals surface area (Å²) in [7, 11) is 0. The minimum atomic E-state index is -0.514. The molecule has 0 bridgehead atoms. The van der Waals surface area contributed by atoms with Crippen LogP contribution in [0.1, 0.15) is 27.0 Å². The molecule has 28 heavy (non-hydrogen) atoms. The van der Waals surface area contributed by atoms with E-state index in [1.807, 2.05) is 12.3 Å². The molecule has 3 rings (SSSR count). The summed E-state index contributed by atoms with van der Waals surface area (Å²) in [6.45, 7) is 5.92. The number of hydrogen-bond donors (Lipinski definition) is 2. The van der Waals surface area contributed by atoms with Gasteiger partial charge in [0.25, 0.3) is 5.91 Å². The second kappa shape index (κ2) is 8.31. The number of carbonyl (C=O) groups excluding carboxylic acids is 2. The molecule has 0 saturated carbocycles. The molecule has 144 valence electrons. The number of anilines is 1. The normalized spacial score (nSPS) is 10.6. The highest BCUT2D eigenvalue weighted by molar-refractivity contribution is 7.14. The Hall–Kier alpha value is -3.06. The lowest BCUT2D eigenvalue weighted by Gasteiger charge is -2.07. The Morgan fingerprint density at radius 2 is 1.82 bits per heavy atom. The Kier molecular flexibility index (Phi) is 5.84. The van der Waals surface area contributed by atoms with Gasteiger partial charge in [-0.3, -0.25) is 9.59 Å². The molecule has 0 radical (unpaired) electrons. The standard InChI is InChI=1S/C21H20FN3O2S/c1-12-7-14(3)17(8-13(12)2)18-11-28-21(24-18)25-19(26)10-23-20(27)15-5-4-6-16(22)9-15/h4-9,11H,10H2,1-3H3,(H,23,27)(H,24,25,26). The van der Waals surface area contributed by atoms with Crippen LogP contribution in [0.5, 0.6) is 0 Å². The fourth-order valence-electron chi connectivity index (χ4n) is 2.75. The summed E-state index contributed by atoms with van der Waals surface area (Å²) in [5.74, 6) is -1.42. The smallest absolute Gasteiger partial charge is 0.251 e. The zero-order chi connectivity index (χ0) is 20.3. The van der Waals surface area contributed by atoms with Crippen molar-refractivity contribution >= 4 is 28.3 Å². The summed E-state index contributed by atoms with van der Waals surface area (Å²) in [5.41, 5.74) is 5.51. The second-order valence-corrected chi connectivity index (χ2v) is 7.39. The van der Waals surface area contributed by atoms with Crippen LogP contribution in [0.2, 0.25) is 0 Å². The Balaban J connectivity index is 1.61. The summed E-state index contributed by atoms with van der Waals surface area (Å²) in [5, 5.41) is 7.49. The third-order valence-corrected chi connectivity index (χ3v) is 5.12. The fourth-order valence-corrected chi connectivity index (χ4v) is 3.47. The summed E-state index contributed by atoms with van der Waals surface area (Å²) in [4.78, 5) is 28.5. The summed E-state index contributed by atoms with van der Waals surface area (Å²) in [6, 6.07) is 9.49. The molecular weight excluding hydrogens is 377 g/mol. The molecule has 2 N–H and O–H groups in total. The summed E-state index contributed by atoms with van der Waals surface area (Å²) >= 11 is 1.32. The van der Waals surface area contributed by atoms with Crippen molar-refractivity contribution in [2.45, 2.75) is 20.8 Å². The highest BCUT2D eigenvalue weighted by atomic mass is 32.1. The highest BCUT2D eigenvalue weighted by Gasteiger charge is 2.12. The van der Waals surface area contributed by atoms with Gasteiger partial charge in [0.05, 0.1) is 12.2 Å². The lowest BCUT2D eigenvalue weighted by molar-refractivity contribution is -0.115. The SMILES string of the molecule is Cc1cc(C)c(-c2csc(NC(=O)CNC(=O)c3cccc(F)c3)n2)cc1C. The Morgan fingerprint density at radius 3 is 2.57 bits per heavy atom. The molecule has 0 spiro atoms. The van der Waals surface area contributed by atoms with Crippen LogP contribution >= 0.6 is 11.3 Å². The number of aryl methyl sites for hydroxylation is 3. The summed E-state index contributed by atoms with van der Waals surface area (Å²) < 4.78 is 13.2. The van der Waals surface area contributed by atoms with Crippen molar-refractivity contribution in [3.8, 4) is 11.3 Å². The third-order valence-electron chi connectivity index (χ3n) is 4.36. The van der Waals surface area contributed by atoms with Gasteiger partial charge in [-0.2, -0.15) is 0 Å². The number of nitrogens with one attached hydrogen (secondary N) is 2. The first kappa shape index (κ1) is 19.7. The van der Waals surface area contributed by atoms with E-state index in [0.717, 1.165) is 22.9 Å². The van der Waals surface area contributed by atoms with Gasteiger partial charge in [-0.15, -0.1) is 11.3 Å². The minimum Gasteiger partial charge on any atom is -0.343 e. The molecule has 1 aromatic heterocycles. The maximum absolute atomic E-state index is 13.2. The van der Waals surface area contributed by atoms with E-state index in [4.69, 9.17) is 0 Å². The van der Waals surface area contributed by atoms with E-state index < -0.39 is 17.6 Å². The molecule has 2 amide bonds. The fraction of sp³-hybridized carbons (Fsp3) is 0.190. The van der Waals surface area contributed by atoms with Gasteiger partial charge in [-0.1, -0.05) is 12.1 Å². The number of amides is 2. The number of aromatic nitrogens is 1. The van der Waals surface area contributed by atoms with Crippen LogP contribution in [0.25, 0.3) is 11.3 Å². The number of benzene rings is 2. The maximum Gasteiger partial charge on any atom is 0.251 e. The van der Waals surface area contributed by atoms with Crippen molar-refractivity contribution in [1.29, 1.82) is 0 Å². The molecule has 0 unspecified atom stereocenters. The van der Waals surface area contributed by atoms with Gasteiger partial charge in [0.2, 0.25) is 5.91 Å². The van der Waals surface area contributed by atoms with Crippen molar-refractivity contribution in [3.63, 3.8) is 0 Å². The van der Waals surface area contributed by atoms with Crippen LogP contribution in [-0.2, 0) is 4.79 Å². The average Bonchev–Trinajstić information content (AvgIpc) is 3.10. The first-order valence-corrected chi connectivity index (χ1v) is 9.59. The first-order chi connectivity index (χ1) is 13.3. The van der Waals surface area contributed by atoms with E-state index in [9.17, 15) is 14.0 Å². The van der Waals surface area contributed by atoms with Crippen molar-refractivity contribution in [1.82, 2.24) is 10.3 Å². The molecule has 5 nitrogen and oxygen atoms in total. The van der Waals surface area contributed by atoms with Crippen molar-refractivity contribution < 1.29 is 14.0 Å². The molecule has 2 aromatic carbocycles. The van der Waals surface area contributed by atoms with Crippen LogP contribution < -0.4 is 10.6 Å². The summed E-state index contributed by atoms with van der Waals surface area (Å²) in [6.07, 6.45) is 0. The van der Waals surface area contributed by atoms with Gasteiger partial charge >= 0.3 is 0 Å².